The number of piperidine rings is 1. The Morgan fingerprint density at radius 2 is 1.91 bits per heavy atom. The van der Waals surface area contributed by atoms with Gasteiger partial charge >= 0.3 is 0 Å². The highest BCUT2D eigenvalue weighted by atomic mass is 32.2. The average molecular weight is 331 g/mol. The molecule has 1 fully saturated rings. The fraction of sp³-hybridized carbons (Fsp3) is 0.412. The molecule has 2 heterocycles. The Labute approximate surface area is 137 Å². The van der Waals surface area contributed by atoms with Crippen LogP contribution >= 0.6 is 0 Å². The van der Waals surface area contributed by atoms with Gasteiger partial charge in [-0.15, -0.1) is 0 Å². The Balaban J connectivity index is 1.81. The molecule has 0 saturated carbocycles. The molecule has 0 N–H and O–H groups in total. The minimum Gasteiger partial charge on any atom is -0.257 e. The van der Waals surface area contributed by atoms with Crippen LogP contribution < -0.4 is 0 Å². The second kappa shape index (κ2) is 6.76. The lowest BCUT2D eigenvalue weighted by atomic mass is 9.93. The molecule has 6 heteroatoms. The van der Waals surface area contributed by atoms with Crippen molar-refractivity contribution in [3.63, 3.8) is 0 Å². The van der Waals surface area contributed by atoms with Crippen molar-refractivity contribution in [2.24, 2.45) is 5.92 Å². The van der Waals surface area contributed by atoms with E-state index in [4.69, 9.17) is 0 Å². The number of sulfonamides is 1. The maximum atomic E-state index is 11.8. The summed E-state index contributed by atoms with van der Waals surface area (Å²) in [5.74, 6) is 0.289. The third-order valence-electron chi connectivity index (χ3n) is 4.25. The Kier molecular flexibility index (Phi) is 4.73. The molecule has 1 aliphatic heterocycles. The number of benzene rings is 1. The molecule has 0 radical (unpaired) electrons. The SMILES string of the molecule is CS(=O)(=O)N1CCC[C@@H](Cc2nccnc2-c2ccccc2)C1. The monoisotopic (exact) mass is 331 g/mol. The molecule has 0 aliphatic carbocycles. The third kappa shape index (κ3) is 3.95. The van der Waals surface area contributed by atoms with Crippen LogP contribution in [0, 0.1) is 5.92 Å². The molecule has 2 aromatic rings. The summed E-state index contributed by atoms with van der Waals surface area (Å²) in [7, 11) is -3.12. The molecule has 1 aromatic carbocycles. The van der Waals surface area contributed by atoms with E-state index in [1.807, 2.05) is 30.3 Å². The van der Waals surface area contributed by atoms with Crippen LogP contribution in [-0.4, -0.2) is 42.0 Å². The fourth-order valence-corrected chi connectivity index (χ4v) is 4.06. The molecule has 23 heavy (non-hydrogen) atoms. The molecule has 122 valence electrons. The quantitative estimate of drug-likeness (QED) is 0.863. The highest BCUT2D eigenvalue weighted by molar-refractivity contribution is 7.88. The summed E-state index contributed by atoms with van der Waals surface area (Å²) in [4.78, 5) is 8.99. The second-order valence-corrected chi connectivity index (χ2v) is 8.03. The molecular formula is C17H21N3O2S. The van der Waals surface area contributed by atoms with E-state index < -0.39 is 10.0 Å². The minimum absolute atomic E-state index is 0.289. The Hall–Kier alpha value is -1.79. The number of nitrogens with zero attached hydrogens (tertiary/aromatic N) is 3. The maximum absolute atomic E-state index is 11.8. The number of hydrogen-bond acceptors (Lipinski definition) is 4. The zero-order valence-corrected chi connectivity index (χ0v) is 14.0. The summed E-state index contributed by atoms with van der Waals surface area (Å²) in [5, 5.41) is 0. The Morgan fingerprint density at radius 1 is 1.17 bits per heavy atom. The van der Waals surface area contributed by atoms with Crippen molar-refractivity contribution in [3.05, 3.63) is 48.4 Å². The van der Waals surface area contributed by atoms with Crippen LogP contribution in [0.25, 0.3) is 11.3 Å². The van der Waals surface area contributed by atoms with Crippen LogP contribution in [0.3, 0.4) is 0 Å². The van der Waals surface area contributed by atoms with E-state index >= 15 is 0 Å². The summed E-state index contributed by atoms with van der Waals surface area (Å²) in [6.45, 7) is 1.20. The van der Waals surface area contributed by atoms with Crippen molar-refractivity contribution in [1.82, 2.24) is 14.3 Å². The van der Waals surface area contributed by atoms with Gasteiger partial charge < -0.3 is 0 Å². The minimum atomic E-state index is -3.12. The van der Waals surface area contributed by atoms with Crippen LogP contribution in [-0.2, 0) is 16.4 Å². The van der Waals surface area contributed by atoms with Gasteiger partial charge in [-0.3, -0.25) is 9.97 Å². The van der Waals surface area contributed by atoms with Crippen molar-refractivity contribution >= 4 is 10.0 Å². The second-order valence-electron chi connectivity index (χ2n) is 6.05. The van der Waals surface area contributed by atoms with Crippen molar-refractivity contribution in [3.8, 4) is 11.3 Å². The first-order valence-corrected chi connectivity index (χ1v) is 9.69. The molecule has 1 aromatic heterocycles. The largest absolute Gasteiger partial charge is 0.257 e. The normalized spacial score (nSPS) is 19.6. The predicted molar refractivity (Wildman–Crippen MR) is 90.3 cm³/mol. The third-order valence-corrected chi connectivity index (χ3v) is 5.52. The number of hydrogen-bond donors (Lipinski definition) is 0. The van der Waals surface area contributed by atoms with E-state index in [0.717, 1.165) is 36.2 Å². The van der Waals surface area contributed by atoms with Gasteiger partial charge in [0.05, 0.1) is 17.6 Å². The molecule has 0 amide bonds. The molecule has 0 unspecified atom stereocenters. The smallest absolute Gasteiger partial charge is 0.211 e. The van der Waals surface area contributed by atoms with Gasteiger partial charge in [0, 0.05) is 31.0 Å². The summed E-state index contributed by atoms with van der Waals surface area (Å²) in [6, 6.07) is 10.00. The zero-order chi connectivity index (χ0) is 16.3. The number of aromatic nitrogens is 2. The predicted octanol–water partition coefficient (Wildman–Crippen LogP) is 2.36. The van der Waals surface area contributed by atoms with E-state index in [0.29, 0.717) is 13.1 Å². The standard InChI is InChI=1S/C17H21N3O2S/c1-23(21,22)20-11-5-6-14(13-20)12-16-17(19-10-9-18-16)15-7-3-2-4-8-15/h2-4,7-10,14H,5-6,11-13H2,1H3/t14-/m0/s1. The average Bonchev–Trinajstić information content (AvgIpc) is 2.56. The van der Waals surface area contributed by atoms with Crippen molar-refractivity contribution in [2.45, 2.75) is 19.3 Å². The van der Waals surface area contributed by atoms with Crippen molar-refractivity contribution < 1.29 is 8.42 Å². The molecular weight excluding hydrogens is 310 g/mol. The molecule has 0 bridgehead atoms. The topological polar surface area (TPSA) is 63.2 Å². The van der Waals surface area contributed by atoms with E-state index in [1.54, 1.807) is 16.7 Å². The first-order chi connectivity index (χ1) is 11.0. The molecule has 1 aliphatic rings. The van der Waals surface area contributed by atoms with Gasteiger partial charge in [-0.25, -0.2) is 12.7 Å². The van der Waals surface area contributed by atoms with Crippen LogP contribution in [0.4, 0.5) is 0 Å². The highest BCUT2D eigenvalue weighted by Crippen LogP contribution is 2.26. The number of rotatable bonds is 4. The van der Waals surface area contributed by atoms with E-state index in [2.05, 4.69) is 9.97 Å². The van der Waals surface area contributed by atoms with E-state index in [-0.39, 0.29) is 5.92 Å². The van der Waals surface area contributed by atoms with Crippen LogP contribution in [0.1, 0.15) is 18.5 Å². The summed E-state index contributed by atoms with van der Waals surface area (Å²) in [6.07, 6.45) is 7.38. The first-order valence-electron chi connectivity index (χ1n) is 7.84. The highest BCUT2D eigenvalue weighted by Gasteiger charge is 2.27. The zero-order valence-electron chi connectivity index (χ0n) is 13.2. The van der Waals surface area contributed by atoms with Crippen LogP contribution in [0.5, 0.6) is 0 Å². The van der Waals surface area contributed by atoms with Crippen LogP contribution in [0.2, 0.25) is 0 Å². The van der Waals surface area contributed by atoms with Gasteiger partial charge in [-0.1, -0.05) is 30.3 Å². The molecule has 3 rings (SSSR count). The lowest BCUT2D eigenvalue weighted by Crippen LogP contribution is -2.39. The summed E-state index contributed by atoms with van der Waals surface area (Å²) < 4.78 is 25.1. The van der Waals surface area contributed by atoms with E-state index in [9.17, 15) is 8.42 Å². The lowest BCUT2D eigenvalue weighted by molar-refractivity contribution is 0.265. The van der Waals surface area contributed by atoms with Gasteiger partial charge in [0.2, 0.25) is 10.0 Å². The Bertz CT molecular complexity index is 762. The molecule has 0 spiro atoms. The molecule has 1 saturated heterocycles. The van der Waals surface area contributed by atoms with Gasteiger partial charge in [0.15, 0.2) is 0 Å². The van der Waals surface area contributed by atoms with Crippen LogP contribution in [0.15, 0.2) is 42.7 Å². The molecule has 1 atom stereocenters. The van der Waals surface area contributed by atoms with E-state index in [1.165, 1.54) is 6.26 Å². The van der Waals surface area contributed by atoms with Gasteiger partial charge in [0.1, 0.15) is 0 Å². The lowest BCUT2D eigenvalue weighted by Gasteiger charge is -2.31. The summed E-state index contributed by atoms with van der Waals surface area (Å²) in [5.41, 5.74) is 2.88. The van der Waals surface area contributed by atoms with Crippen molar-refractivity contribution in [1.29, 1.82) is 0 Å². The van der Waals surface area contributed by atoms with Gasteiger partial charge in [-0.2, -0.15) is 0 Å². The van der Waals surface area contributed by atoms with Gasteiger partial charge in [-0.05, 0) is 25.2 Å². The fourth-order valence-electron chi connectivity index (χ4n) is 3.12. The first kappa shape index (κ1) is 16.1. The van der Waals surface area contributed by atoms with Crippen molar-refractivity contribution in [2.75, 3.05) is 19.3 Å². The molecule has 5 nitrogen and oxygen atoms in total. The van der Waals surface area contributed by atoms with Gasteiger partial charge in [0.25, 0.3) is 0 Å². The Morgan fingerprint density at radius 3 is 2.65 bits per heavy atom. The summed E-state index contributed by atoms with van der Waals surface area (Å²) >= 11 is 0. The maximum Gasteiger partial charge on any atom is 0.211 e.